The Kier molecular flexibility index (Phi) is 4.20. The monoisotopic (exact) mass is 220 g/mol. The summed E-state index contributed by atoms with van der Waals surface area (Å²) >= 11 is 0. The highest BCUT2D eigenvalue weighted by molar-refractivity contribution is 5.95. The first-order chi connectivity index (χ1) is 7.83. The third-order valence-corrected chi connectivity index (χ3v) is 4.25. The molecule has 0 aromatic heterocycles. The summed E-state index contributed by atoms with van der Waals surface area (Å²) in [6.45, 7) is 2.25. The number of rotatable bonds is 5. The summed E-state index contributed by atoms with van der Waals surface area (Å²) in [5.74, 6) is 1.47. The molecule has 1 nitrogen and oxygen atoms in total. The van der Waals surface area contributed by atoms with Crippen LogP contribution in [0.5, 0.6) is 0 Å². The highest BCUT2D eigenvalue weighted by Crippen LogP contribution is 2.42. The first-order valence-electron chi connectivity index (χ1n) is 7.07. The van der Waals surface area contributed by atoms with E-state index in [0.717, 1.165) is 6.42 Å². The normalized spacial score (nSPS) is 29.1. The Bertz CT molecular complexity index is 277. The summed E-state index contributed by atoms with van der Waals surface area (Å²) < 4.78 is 0. The number of ketones is 1. The molecule has 0 heterocycles. The number of carbonyl (C=O) groups excluding carboxylic acids is 1. The van der Waals surface area contributed by atoms with E-state index in [0.29, 0.717) is 17.6 Å². The molecular formula is C15H24O. The molecule has 90 valence electrons. The lowest BCUT2D eigenvalue weighted by molar-refractivity contribution is -0.119. The van der Waals surface area contributed by atoms with Crippen molar-refractivity contribution in [3.8, 4) is 0 Å². The third-order valence-electron chi connectivity index (χ3n) is 4.25. The average molecular weight is 220 g/mol. The van der Waals surface area contributed by atoms with E-state index in [1.807, 2.05) is 6.08 Å². The van der Waals surface area contributed by atoms with Gasteiger partial charge in [0.25, 0.3) is 0 Å². The van der Waals surface area contributed by atoms with E-state index in [-0.39, 0.29) is 0 Å². The summed E-state index contributed by atoms with van der Waals surface area (Å²) in [5.41, 5.74) is 1.49. The molecule has 2 rings (SSSR count). The fourth-order valence-corrected chi connectivity index (χ4v) is 3.33. The van der Waals surface area contributed by atoms with Crippen molar-refractivity contribution in [3.05, 3.63) is 11.6 Å². The van der Waals surface area contributed by atoms with Crippen LogP contribution in [0.25, 0.3) is 0 Å². The smallest absolute Gasteiger partial charge is 0.159 e. The molecule has 1 heteroatoms. The van der Waals surface area contributed by atoms with E-state index in [1.54, 1.807) is 0 Å². The van der Waals surface area contributed by atoms with Crippen molar-refractivity contribution < 1.29 is 4.79 Å². The second-order valence-electron chi connectivity index (χ2n) is 5.43. The molecular weight excluding hydrogens is 196 g/mol. The second-order valence-corrected chi connectivity index (χ2v) is 5.43. The van der Waals surface area contributed by atoms with Crippen molar-refractivity contribution in [2.45, 2.75) is 64.7 Å². The lowest BCUT2D eigenvalue weighted by Crippen LogP contribution is -2.21. The molecule has 1 saturated carbocycles. The van der Waals surface area contributed by atoms with Crippen LogP contribution in [0.3, 0.4) is 0 Å². The molecule has 0 amide bonds. The SMILES string of the molecule is CCCCCCC1=CC(=O)C2CCCCC12. The van der Waals surface area contributed by atoms with Crippen molar-refractivity contribution >= 4 is 5.78 Å². The van der Waals surface area contributed by atoms with Crippen LogP contribution in [0.2, 0.25) is 0 Å². The van der Waals surface area contributed by atoms with Gasteiger partial charge in [-0.15, -0.1) is 0 Å². The van der Waals surface area contributed by atoms with Crippen molar-refractivity contribution in [3.63, 3.8) is 0 Å². The Morgan fingerprint density at radius 3 is 2.62 bits per heavy atom. The molecule has 0 spiro atoms. The lowest BCUT2D eigenvalue weighted by Gasteiger charge is -2.26. The molecule has 1 fully saturated rings. The lowest BCUT2D eigenvalue weighted by atomic mass is 9.77. The zero-order chi connectivity index (χ0) is 11.4. The first-order valence-corrected chi connectivity index (χ1v) is 7.07. The predicted octanol–water partition coefficient (Wildman–Crippen LogP) is 4.27. The molecule has 0 bridgehead atoms. The number of hydrogen-bond acceptors (Lipinski definition) is 1. The number of fused-ring (bicyclic) bond motifs is 1. The van der Waals surface area contributed by atoms with Gasteiger partial charge in [-0.1, -0.05) is 44.6 Å². The van der Waals surface area contributed by atoms with E-state index in [1.165, 1.54) is 56.9 Å². The van der Waals surface area contributed by atoms with E-state index in [2.05, 4.69) is 6.92 Å². The summed E-state index contributed by atoms with van der Waals surface area (Å²) in [7, 11) is 0. The van der Waals surface area contributed by atoms with Crippen LogP contribution in [0.1, 0.15) is 64.7 Å². The number of carbonyl (C=O) groups is 1. The maximum absolute atomic E-state index is 11.8. The molecule has 16 heavy (non-hydrogen) atoms. The van der Waals surface area contributed by atoms with Crippen LogP contribution in [-0.4, -0.2) is 5.78 Å². The highest BCUT2D eigenvalue weighted by Gasteiger charge is 2.36. The second kappa shape index (κ2) is 5.65. The molecule has 2 unspecified atom stereocenters. The topological polar surface area (TPSA) is 17.1 Å². The molecule has 0 saturated heterocycles. The van der Waals surface area contributed by atoms with Crippen LogP contribution < -0.4 is 0 Å². The highest BCUT2D eigenvalue weighted by atomic mass is 16.1. The molecule has 0 aromatic carbocycles. The Balaban J connectivity index is 1.84. The zero-order valence-corrected chi connectivity index (χ0v) is 10.5. The molecule has 2 aliphatic rings. The van der Waals surface area contributed by atoms with Gasteiger partial charge in [0, 0.05) is 5.92 Å². The van der Waals surface area contributed by atoms with Crippen LogP contribution in [0, 0.1) is 11.8 Å². The first kappa shape index (κ1) is 11.9. The van der Waals surface area contributed by atoms with Crippen molar-refractivity contribution in [2.75, 3.05) is 0 Å². The molecule has 2 atom stereocenters. The van der Waals surface area contributed by atoms with E-state index in [4.69, 9.17) is 0 Å². The van der Waals surface area contributed by atoms with Gasteiger partial charge in [-0.2, -0.15) is 0 Å². The molecule has 0 N–H and O–H groups in total. The van der Waals surface area contributed by atoms with E-state index < -0.39 is 0 Å². The summed E-state index contributed by atoms with van der Waals surface area (Å²) in [4.78, 5) is 11.8. The van der Waals surface area contributed by atoms with Gasteiger partial charge in [-0.3, -0.25) is 4.79 Å². The Morgan fingerprint density at radius 2 is 1.88 bits per heavy atom. The fourth-order valence-electron chi connectivity index (χ4n) is 3.33. The molecule has 0 aliphatic heterocycles. The van der Waals surface area contributed by atoms with Gasteiger partial charge in [-0.25, -0.2) is 0 Å². The number of allylic oxidation sites excluding steroid dienone is 2. The van der Waals surface area contributed by atoms with Crippen LogP contribution in [0.15, 0.2) is 11.6 Å². The third kappa shape index (κ3) is 2.56. The minimum Gasteiger partial charge on any atom is -0.295 e. The van der Waals surface area contributed by atoms with Gasteiger partial charge < -0.3 is 0 Å². The van der Waals surface area contributed by atoms with Gasteiger partial charge >= 0.3 is 0 Å². The van der Waals surface area contributed by atoms with Gasteiger partial charge in [-0.05, 0) is 37.7 Å². The van der Waals surface area contributed by atoms with Gasteiger partial charge in [0.05, 0.1) is 0 Å². The van der Waals surface area contributed by atoms with Crippen LogP contribution in [-0.2, 0) is 4.79 Å². The Hall–Kier alpha value is -0.590. The Labute approximate surface area is 99.3 Å². The van der Waals surface area contributed by atoms with E-state index in [9.17, 15) is 4.79 Å². The molecule has 2 aliphatic carbocycles. The zero-order valence-electron chi connectivity index (χ0n) is 10.5. The summed E-state index contributed by atoms with van der Waals surface area (Å²) in [6, 6.07) is 0. The van der Waals surface area contributed by atoms with Crippen LogP contribution >= 0.6 is 0 Å². The largest absolute Gasteiger partial charge is 0.295 e. The molecule has 0 radical (unpaired) electrons. The van der Waals surface area contributed by atoms with Gasteiger partial charge in [0.15, 0.2) is 5.78 Å². The predicted molar refractivity (Wildman–Crippen MR) is 67.3 cm³/mol. The maximum atomic E-state index is 11.8. The van der Waals surface area contributed by atoms with Crippen molar-refractivity contribution in [1.82, 2.24) is 0 Å². The van der Waals surface area contributed by atoms with Gasteiger partial charge in [0.2, 0.25) is 0 Å². The maximum Gasteiger partial charge on any atom is 0.159 e. The number of unbranched alkanes of at least 4 members (excludes halogenated alkanes) is 3. The molecule has 0 aromatic rings. The van der Waals surface area contributed by atoms with E-state index >= 15 is 0 Å². The number of hydrogen-bond donors (Lipinski definition) is 0. The summed E-state index contributed by atoms with van der Waals surface area (Å²) in [5, 5.41) is 0. The van der Waals surface area contributed by atoms with Gasteiger partial charge in [0.1, 0.15) is 0 Å². The van der Waals surface area contributed by atoms with Crippen LogP contribution in [0.4, 0.5) is 0 Å². The van der Waals surface area contributed by atoms with Crippen molar-refractivity contribution in [2.24, 2.45) is 11.8 Å². The standard InChI is InChI=1S/C15H24O/c1-2-3-4-5-8-12-11-15(16)14-10-7-6-9-13(12)14/h11,13-14H,2-10H2,1H3. The minimum absolute atomic E-state index is 0.384. The quantitative estimate of drug-likeness (QED) is 0.632. The minimum atomic E-state index is 0.384. The van der Waals surface area contributed by atoms with Crippen molar-refractivity contribution in [1.29, 1.82) is 0 Å². The Morgan fingerprint density at radius 1 is 1.12 bits per heavy atom. The fraction of sp³-hybridized carbons (Fsp3) is 0.800. The average Bonchev–Trinajstić information content (AvgIpc) is 2.63. The summed E-state index contributed by atoms with van der Waals surface area (Å²) in [6.07, 6.45) is 13.5.